The topological polar surface area (TPSA) is 136 Å². The Bertz CT molecular complexity index is 2690. The summed E-state index contributed by atoms with van der Waals surface area (Å²) < 4.78 is 2.31. The lowest BCUT2D eigenvalue weighted by atomic mass is 9.82. The highest BCUT2D eigenvalue weighted by Crippen LogP contribution is 2.38. The molecule has 10 nitrogen and oxygen atoms in total. The lowest BCUT2D eigenvalue weighted by Gasteiger charge is -2.32. The smallest absolute Gasteiger partial charge is 0.338 e. The first-order chi connectivity index (χ1) is 26.5. The molecule has 3 heterocycles. The van der Waals surface area contributed by atoms with Crippen LogP contribution in [0.3, 0.4) is 0 Å². The summed E-state index contributed by atoms with van der Waals surface area (Å²) in [5.74, 6) is -0.986. The molecule has 5 aromatic carbocycles. The van der Waals surface area contributed by atoms with Crippen LogP contribution in [-0.4, -0.2) is 46.5 Å². The van der Waals surface area contributed by atoms with Gasteiger partial charge in [-0.05, 0) is 72.5 Å². The molecule has 1 fully saturated rings. The molecule has 0 spiro atoms. The van der Waals surface area contributed by atoms with Crippen LogP contribution < -0.4 is 5.32 Å². The highest BCUT2D eigenvalue weighted by Gasteiger charge is 2.44. The quantitative estimate of drug-likeness (QED) is 0.160. The Hall–Kier alpha value is -6.81. The van der Waals surface area contributed by atoms with Crippen molar-refractivity contribution in [2.75, 3.05) is 0 Å². The third-order valence-corrected chi connectivity index (χ3v) is 10.5. The number of carboxylic acid groups (broad SMARTS) is 1. The van der Waals surface area contributed by atoms with Crippen LogP contribution in [0.1, 0.15) is 59.6 Å². The van der Waals surface area contributed by atoms with E-state index in [0.29, 0.717) is 33.2 Å². The van der Waals surface area contributed by atoms with Crippen molar-refractivity contribution < 1.29 is 14.7 Å². The van der Waals surface area contributed by atoms with Crippen LogP contribution >= 0.6 is 0 Å². The minimum absolute atomic E-state index is 0.240. The number of amides is 1. The molecule has 1 saturated carbocycles. The molecule has 3 aromatic heterocycles. The molecule has 0 bridgehead atoms. The maximum absolute atomic E-state index is 14.3. The van der Waals surface area contributed by atoms with Crippen molar-refractivity contribution in [1.29, 1.82) is 0 Å². The van der Waals surface area contributed by atoms with Crippen LogP contribution in [-0.2, 0) is 10.3 Å². The van der Waals surface area contributed by atoms with Gasteiger partial charge in [0.1, 0.15) is 5.82 Å². The van der Waals surface area contributed by atoms with Crippen LogP contribution in [0.5, 0.6) is 0 Å². The van der Waals surface area contributed by atoms with E-state index in [4.69, 9.17) is 15.0 Å². The van der Waals surface area contributed by atoms with Gasteiger partial charge in [-0.25, -0.2) is 14.8 Å². The summed E-state index contributed by atoms with van der Waals surface area (Å²) in [6.45, 7) is 0. The molecule has 1 atom stereocenters. The van der Waals surface area contributed by atoms with E-state index in [2.05, 4.69) is 19.9 Å². The van der Waals surface area contributed by atoms with Crippen LogP contribution in [0.15, 0.2) is 134 Å². The van der Waals surface area contributed by atoms with E-state index >= 15 is 0 Å². The van der Waals surface area contributed by atoms with E-state index in [1.807, 2.05) is 60.7 Å². The van der Waals surface area contributed by atoms with Crippen LogP contribution in [0, 0.1) is 0 Å². The van der Waals surface area contributed by atoms with Gasteiger partial charge < -0.3 is 15.0 Å². The van der Waals surface area contributed by atoms with Crippen molar-refractivity contribution in [2.24, 2.45) is 0 Å². The largest absolute Gasteiger partial charge is 0.479 e. The van der Waals surface area contributed by atoms with Gasteiger partial charge in [0, 0.05) is 35.1 Å². The summed E-state index contributed by atoms with van der Waals surface area (Å²) in [6.07, 6.45) is 10.5. The first-order valence-electron chi connectivity index (χ1n) is 18.2. The van der Waals surface area contributed by atoms with Gasteiger partial charge >= 0.3 is 5.97 Å². The molecule has 1 unspecified atom stereocenters. The molecule has 1 aliphatic carbocycles. The fourth-order valence-corrected chi connectivity index (χ4v) is 7.79. The second kappa shape index (κ2) is 13.6. The molecular weight excluding hydrogens is 675 g/mol. The number of hydrogen-bond acceptors (Lipinski definition) is 7. The monoisotopic (exact) mass is 709 g/mol. The molecule has 264 valence electrons. The number of hydrogen-bond donors (Lipinski definition) is 2. The Morgan fingerprint density at radius 2 is 1.37 bits per heavy atom. The second-order valence-corrected chi connectivity index (χ2v) is 13.8. The Morgan fingerprint density at radius 1 is 0.648 bits per heavy atom. The van der Waals surface area contributed by atoms with Crippen LogP contribution in [0.25, 0.3) is 55.7 Å². The van der Waals surface area contributed by atoms with Gasteiger partial charge in [0.25, 0.3) is 5.91 Å². The number of carbonyl (C=O) groups excluding carboxylic acids is 1. The molecule has 54 heavy (non-hydrogen) atoms. The van der Waals surface area contributed by atoms with Crippen molar-refractivity contribution in [1.82, 2.24) is 34.8 Å². The second-order valence-electron chi connectivity index (χ2n) is 13.8. The van der Waals surface area contributed by atoms with E-state index in [9.17, 15) is 14.7 Å². The van der Waals surface area contributed by atoms with E-state index in [1.165, 1.54) is 6.42 Å². The average Bonchev–Trinajstić information content (AvgIpc) is 3.62. The van der Waals surface area contributed by atoms with Gasteiger partial charge in [-0.3, -0.25) is 19.7 Å². The molecular formula is C44H35N7O3. The number of imidazole rings is 1. The number of nitrogens with one attached hydrogen (secondary N) is 1. The van der Waals surface area contributed by atoms with Crippen LogP contribution in [0.2, 0.25) is 0 Å². The number of carboxylic acids is 1. The lowest BCUT2D eigenvalue weighted by Crippen LogP contribution is -2.52. The van der Waals surface area contributed by atoms with Gasteiger partial charge in [0.05, 0.1) is 45.0 Å². The minimum Gasteiger partial charge on any atom is -0.479 e. The predicted octanol–water partition coefficient (Wildman–Crippen LogP) is 8.52. The summed E-state index contributed by atoms with van der Waals surface area (Å²) in [5, 5.41) is 13.9. The normalized spacial score (nSPS) is 14.6. The summed E-state index contributed by atoms with van der Waals surface area (Å²) in [6, 6.07) is 35.5. The summed E-state index contributed by atoms with van der Waals surface area (Å²) in [4.78, 5) is 51.3. The SMILES string of the molecule is O=C(NC(C(=O)O)(c1ccccc1)c1ccc2nccnc2c1)c1ccc2c(c1)nc(-c1ccc3ncc(-c4ccccc4)nc3c1)n2C1CCCCC1. The molecule has 0 aliphatic heterocycles. The first-order valence-corrected chi connectivity index (χ1v) is 18.2. The number of aliphatic carboxylic acids is 1. The van der Waals surface area contributed by atoms with E-state index in [0.717, 1.165) is 64.9 Å². The molecule has 8 aromatic rings. The summed E-state index contributed by atoms with van der Waals surface area (Å²) in [7, 11) is 0. The highest BCUT2D eigenvalue weighted by atomic mass is 16.4. The molecule has 1 amide bonds. The highest BCUT2D eigenvalue weighted by molar-refractivity contribution is 6.02. The zero-order valence-electron chi connectivity index (χ0n) is 29.3. The number of carbonyl (C=O) groups is 2. The van der Waals surface area contributed by atoms with Crippen molar-refractivity contribution >= 4 is 45.0 Å². The summed E-state index contributed by atoms with van der Waals surface area (Å²) >= 11 is 0. The van der Waals surface area contributed by atoms with E-state index in [-0.39, 0.29) is 6.04 Å². The minimum atomic E-state index is -1.92. The Labute approximate surface area is 310 Å². The number of aromatic nitrogens is 6. The summed E-state index contributed by atoms with van der Waals surface area (Å²) in [5.41, 5.74) is 6.06. The number of fused-ring (bicyclic) bond motifs is 3. The number of rotatable bonds is 8. The van der Waals surface area contributed by atoms with E-state index in [1.54, 1.807) is 73.2 Å². The van der Waals surface area contributed by atoms with Crippen molar-refractivity contribution in [3.05, 3.63) is 151 Å². The van der Waals surface area contributed by atoms with Gasteiger partial charge in [0.2, 0.25) is 0 Å². The molecule has 2 N–H and O–H groups in total. The lowest BCUT2D eigenvalue weighted by molar-refractivity contribution is -0.143. The molecule has 0 radical (unpaired) electrons. The standard InChI is InChI=1S/C44H35N7O3/c52-42(50-44(43(53)54,31-12-6-2-7-13-31)32-18-20-34-36(26-32)46-23-22-45-34)30-17-21-40-38(25-30)49-41(51(40)33-14-8-3-9-15-33)29-16-19-35-37(24-29)48-39(27-47-35)28-10-4-1-5-11-28/h1-2,4-7,10-13,16-27,33H,3,8-9,14-15H2,(H,50,52)(H,53,54). The third kappa shape index (κ3) is 5.81. The van der Waals surface area contributed by atoms with Gasteiger partial charge in [-0.1, -0.05) is 86.0 Å². The average molecular weight is 710 g/mol. The van der Waals surface area contributed by atoms with Crippen molar-refractivity contribution in [2.45, 2.75) is 43.7 Å². The Balaban J connectivity index is 1.14. The number of nitrogens with zero attached hydrogens (tertiary/aromatic N) is 6. The zero-order chi connectivity index (χ0) is 36.6. The van der Waals surface area contributed by atoms with Gasteiger partial charge in [0.15, 0.2) is 5.54 Å². The fourth-order valence-electron chi connectivity index (χ4n) is 7.79. The molecule has 9 rings (SSSR count). The molecule has 0 saturated heterocycles. The Morgan fingerprint density at radius 3 is 2.15 bits per heavy atom. The van der Waals surface area contributed by atoms with Crippen molar-refractivity contribution in [3.8, 4) is 22.6 Å². The maximum atomic E-state index is 14.3. The molecule has 10 heteroatoms. The van der Waals surface area contributed by atoms with E-state index < -0.39 is 17.4 Å². The fraction of sp³-hybridized carbons (Fsp3) is 0.159. The van der Waals surface area contributed by atoms with Gasteiger partial charge in [-0.15, -0.1) is 0 Å². The van der Waals surface area contributed by atoms with Gasteiger partial charge in [-0.2, -0.15) is 0 Å². The van der Waals surface area contributed by atoms with Crippen molar-refractivity contribution in [3.63, 3.8) is 0 Å². The number of benzene rings is 5. The predicted molar refractivity (Wildman–Crippen MR) is 208 cm³/mol. The zero-order valence-corrected chi connectivity index (χ0v) is 29.3. The first kappa shape index (κ1) is 33.1. The van der Waals surface area contributed by atoms with Crippen LogP contribution in [0.4, 0.5) is 0 Å². The third-order valence-electron chi connectivity index (χ3n) is 10.5. The molecule has 1 aliphatic rings. The Kier molecular flexibility index (Phi) is 8.34. The maximum Gasteiger partial charge on any atom is 0.338 e.